The summed E-state index contributed by atoms with van der Waals surface area (Å²) in [6, 6.07) is 11.3. The summed E-state index contributed by atoms with van der Waals surface area (Å²) in [6.07, 6.45) is -0.484. The van der Waals surface area contributed by atoms with Gasteiger partial charge in [0.25, 0.3) is 0 Å². The summed E-state index contributed by atoms with van der Waals surface area (Å²) in [4.78, 5) is 13.5. The van der Waals surface area contributed by atoms with Gasteiger partial charge in [-0.15, -0.1) is 11.3 Å². The highest BCUT2D eigenvalue weighted by molar-refractivity contribution is 7.11. The lowest BCUT2D eigenvalue weighted by atomic mass is 10.3. The molecule has 0 bridgehead atoms. The van der Waals surface area contributed by atoms with Crippen LogP contribution >= 0.6 is 11.3 Å². The van der Waals surface area contributed by atoms with Gasteiger partial charge in [0.1, 0.15) is 12.4 Å². The fourth-order valence-corrected chi connectivity index (χ4v) is 2.32. The van der Waals surface area contributed by atoms with Crippen molar-refractivity contribution in [2.24, 2.45) is 0 Å². The van der Waals surface area contributed by atoms with Gasteiger partial charge in [-0.3, -0.25) is 5.32 Å². The van der Waals surface area contributed by atoms with Crippen molar-refractivity contribution in [2.75, 3.05) is 12.4 Å². The largest absolute Gasteiger partial charge is 0.488 e. The average molecular weight is 277 g/mol. The second kappa shape index (κ2) is 6.24. The van der Waals surface area contributed by atoms with E-state index in [1.807, 2.05) is 12.1 Å². The first-order chi connectivity index (χ1) is 9.17. The fraction of sp³-hybridized carbons (Fsp3) is 0.214. The number of benzene rings is 1. The van der Waals surface area contributed by atoms with E-state index in [-0.39, 0.29) is 0 Å². The van der Waals surface area contributed by atoms with Crippen molar-refractivity contribution in [3.8, 4) is 5.75 Å². The predicted octanol–water partition coefficient (Wildman–Crippen LogP) is 3.81. The van der Waals surface area contributed by atoms with Crippen LogP contribution in [0.5, 0.6) is 5.75 Å². The number of nitrogens with one attached hydrogen (secondary N) is 1. The number of carbonyl (C=O) groups excluding carboxylic acids is 1. The third-order valence-corrected chi connectivity index (χ3v) is 3.44. The van der Waals surface area contributed by atoms with Crippen LogP contribution in [0, 0.1) is 6.92 Å². The van der Waals surface area contributed by atoms with Gasteiger partial charge in [0.15, 0.2) is 0 Å². The first-order valence-corrected chi connectivity index (χ1v) is 6.62. The number of aryl methyl sites for hydroxylation is 1. The molecule has 5 heteroatoms. The van der Waals surface area contributed by atoms with E-state index in [1.54, 1.807) is 23.5 Å². The molecule has 0 saturated carbocycles. The van der Waals surface area contributed by atoms with Crippen molar-refractivity contribution in [3.63, 3.8) is 0 Å². The van der Waals surface area contributed by atoms with E-state index in [4.69, 9.17) is 4.74 Å². The molecule has 0 spiro atoms. The van der Waals surface area contributed by atoms with Crippen LogP contribution in [-0.2, 0) is 11.3 Å². The van der Waals surface area contributed by atoms with Gasteiger partial charge >= 0.3 is 6.09 Å². The predicted molar refractivity (Wildman–Crippen MR) is 75.9 cm³/mol. The van der Waals surface area contributed by atoms with E-state index in [9.17, 15) is 4.79 Å². The highest BCUT2D eigenvalue weighted by Gasteiger charge is 2.02. The molecule has 0 atom stereocenters. The quantitative estimate of drug-likeness (QED) is 0.924. The molecule has 2 rings (SSSR count). The third kappa shape index (κ3) is 3.99. The second-order valence-corrected chi connectivity index (χ2v) is 5.31. The molecule has 1 N–H and O–H groups in total. The van der Waals surface area contributed by atoms with Gasteiger partial charge in [0, 0.05) is 15.4 Å². The van der Waals surface area contributed by atoms with E-state index < -0.39 is 6.09 Å². The summed E-state index contributed by atoms with van der Waals surface area (Å²) in [5.74, 6) is 0.765. The van der Waals surface area contributed by atoms with Crippen molar-refractivity contribution >= 4 is 23.1 Å². The van der Waals surface area contributed by atoms with E-state index in [2.05, 4.69) is 29.1 Å². The molecule has 4 nitrogen and oxygen atoms in total. The summed E-state index contributed by atoms with van der Waals surface area (Å²) < 4.78 is 10.2. The number of carbonyl (C=O) groups is 1. The van der Waals surface area contributed by atoms with Gasteiger partial charge in [0.2, 0.25) is 0 Å². The van der Waals surface area contributed by atoms with Crippen molar-refractivity contribution < 1.29 is 14.3 Å². The Kier molecular flexibility index (Phi) is 4.41. The third-order valence-electron chi connectivity index (χ3n) is 2.46. The Labute approximate surface area is 116 Å². The summed E-state index contributed by atoms with van der Waals surface area (Å²) in [7, 11) is 1.33. The highest BCUT2D eigenvalue weighted by Crippen LogP contribution is 2.20. The first kappa shape index (κ1) is 13.4. The minimum absolute atomic E-state index is 0.484. The number of thiophene rings is 1. The van der Waals surface area contributed by atoms with Crippen LogP contribution in [0.3, 0.4) is 0 Å². The SMILES string of the molecule is COC(=O)Nc1ccc(OCc2ccc(C)s2)cc1. The summed E-state index contributed by atoms with van der Waals surface area (Å²) >= 11 is 1.72. The van der Waals surface area contributed by atoms with Gasteiger partial charge in [-0.25, -0.2) is 4.79 Å². The van der Waals surface area contributed by atoms with Crippen molar-refractivity contribution in [1.82, 2.24) is 0 Å². The van der Waals surface area contributed by atoms with Crippen molar-refractivity contribution in [1.29, 1.82) is 0 Å². The molecule has 1 amide bonds. The Morgan fingerprint density at radius 2 is 1.95 bits per heavy atom. The van der Waals surface area contributed by atoms with Crippen molar-refractivity contribution in [2.45, 2.75) is 13.5 Å². The van der Waals surface area contributed by atoms with Crippen LogP contribution in [0.2, 0.25) is 0 Å². The second-order valence-electron chi connectivity index (χ2n) is 3.94. The zero-order valence-corrected chi connectivity index (χ0v) is 11.6. The standard InChI is InChI=1S/C14H15NO3S/c1-10-3-8-13(19-10)9-18-12-6-4-11(5-7-12)15-14(16)17-2/h3-8H,9H2,1-2H3,(H,15,16). The maximum Gasteiger partial charge on any atom is 0.411 e. The summed E-state index contributed by atoms with van der Waals surface area (Å²) in [6.45, 7) is 2.63. The minimum Gasteiger partial charge on any atom is -0.488 e. The zero-order valence-electron chi connectivity index (χ0n) is 10.8. The number of hydrogen-bond donors (Lipinski definition) is 1. The maximum absolute atomic E-state index is 11.0. The number of amides is 1. The Morgan fingerprint density at radius 1 is 1.21 bits per heavy atom. The molecular weight excluding hydrogens is 262 g/mol. The molecule has 100 valence electrons. The minimum atomic E-state index is -0.484. The lowest BCUT2D eigenvalue weighted by molar-refractivity contribution is 0.187. The van der Waals surface area contributed by atoms with Crippen LogP contribution in [0.1, 0.15) is 9.75 Å². The van der Waals surface area contributed by atoms with E-state index >= 15 is 0 Å². The lowest BCUT2D eigenvalue weighted by Gasteiger charge is -2.06. The van der Waals surface area contributed by atoms with Gasteiger partial charge < -0.3 is 9.47 Å². The Morgan fingerprint density at radius 3 is 2.53 bits per heavy atom. The molecule has 2 aromatic rings. The van der Waals surface area contributed by atoms with Crippen LogP contribution in [0.25, 0.3) is 0 Å². The molecule has 1 heterocycles. The molecule has 1 aromatic carbocycles. The highest BCUT2D eigenvalue weighted by atomic mass is 32.1. The smallest absolute Gasteiger partial charge is 0.411 e. The van der Waals surface area contributed by atoms with Gasteiger partial charge in [-0.05, 0) is 43.3 Å². The van der Waals surface area contributed by atoms with E-state index in [0.29, 0.717) is 12.3 Å². The molecule has 0 saturated heterocycles. The van der Waals surface area contributed by atoms with Crippen LogP contribution in [0.15, 0.2) is 36.4 Å². The fourth-order valence-electron chi connectivity index (χ4n) is 1.52. The van der Waals surface area contributed by atoms with Gasteiger partial charge in [-0.1, -0.05) is 0 Å². The van der Waals surface area contributed by atoms with Gasteiger partial charge in [0.05, 0.1) is 7.11 Å². The van der Waals surface area contributed by atoms with E-state index in [0.717, 1.165) is 5.75 Å². The molecular formula is C14H15NO3S. The molecule has 0 radical (unpaired) electrons. The number of anilines is 1. The topological polar surface area (TPSA) is 47.6 Å². The molecule has 0 aliphatic carbocycles. The van der Waals surface area contributed by atoms with E-state index in [1.165, 1.54) is 16.9 Å². The number of methoxy groups -OCH3 is 1. The van der Waals surface area contributed by atoms with Crippen LogP contribution in [0.4, 0.5) is 10.5 Å². The molecule has 0 aliphatic rings. The number of hydrogen-bond acceptors (Lipinski definition) is 4. The number of ether oxygens (including phenoxy) is 2. The monoisotopic (exact) mass is 277 g/mol. The van der Waals surface area contributed by atoms with Crippen molar-refractivity contribution in [3.05, 3.63) is 46.2 Å². The van der Waals surface area contributed by atoms with Gasteiger partial charge in [-0.2, -0.15) is 0 Å². The summed E-state index contributed by atoms with van der Waals surface area (Å²) in [5.41, 5.74) is 0.672. The molecule has 0 unspecified atom stereocenters. The zero-order chi connectivity index (χ0) is 13.7. The van der Waals surface area contributed by atoms with Crippen LogP contribution < -0.4 is 10.1 Å². The molecule has 0 fully saturated rings. The molecule has 19 heavy (non-hydrogen) atoms. The molecule has 0 aliphatic heterocycles. The number of rotatable bonds is 4. The van der Waals surface area contributed by atoms with Crippen LogP contribution in [-0.4, -0.2) is 13.2 Å². The lowest BCUT2D eigenvalue weighted by Crippen LogP contribution is -2.10. The maximum atomic E-state index is 11.0. The average Bonchev–Trinajstić information content (AvgIpc) is 2.83. The molecule has 1 aromatic heterocycles. The first-order valence-electron chi connectivity index (χ1n) is 5.80. The normalized spacial score (nSPS) is 10.0. The Bertz CT molecular complexity index is 548. The summed E-state index contributed by atoms with van der Waals surface area (Å²) in [5, 5.41) is 2.58. The Balaban J connectivity index is 1.89. The Hall–Kier alpha value is -2.01.